The maximum absolute atomic E-state index is 6.29. The van der Waals surface area contributed by atoms with Crippen LogP contribution in [-0.4, -0.2) is 29.6 Å². The van der Waals surface area contributed by atoms with Crippen molar-refractivity contribution in [3.8, 4) is 0 Å². The summed E-state index contributed by atoms with van der Waals surface area (Å²) in [5.41, 5.74) is 6.67. The van der Waals surface area contributed by atoms with E-state index < -0.39 is 0 Å². The molecule has 2 N–H and O–H groups in total. The van der Waals surface area contributed by atoms with E-state index in [4.69, 9.17) is 5.73 Å². The quantitative estimate of drug-likeness (QED) is 0.826. The average molecular weight is 266 g/mol. The summed E-state index contributed by atoms with van der Waals surface area (Å²) in [5.74, 6) is 1.45. The van der Waals surface area contributed by atoms with Gasteiger partial charge in [0.15, 0.2) is 0 Å². The van der Waals surface area contributed by atoms with Gasteiger partial charge < -0.3 is 5.73 Å². The van der Waals surface area contributed by atoms with E-state index in [0.29, 0.717) is 17.4 Å². The second-order valence-electron chi connectivity index (χ2n) is 7.87. The topological polar surface area (TPSA) is 29.3 Å². The third-order valence-corrected chi connectivity index (χ3v) is 6.52. The van der Waals surface area contributed by atoms with Crippen LogP contribution in [0.5, 0.6) is 0 Å². The van der Waals surface area contributed by atoms with Crippen molar-refractivity contribution in [3.63, 3.8) is 0 Å². The minimum absolute atomic E-state index is 0.383. The van der Waals surface area contributed by atoms with Crippen LogP contribution in [0.3, 0.4) is 0 Å². The number of nitrogens with two attached hydrogens (primary N) is 1. The zero-order valence-electron chi connectivity index (χ0n) is 13.7. The van der Waals surface area contributed by atoms with Crippen molar-refractivity contribution < 1.29 is 0 Å². The fraction of sp³-hybridized carbons (Fsp3) is 1.00. The first kappa shape index (κ1) is 15.3. The maximum Gasteiger partial charge on any atom is 0.00698 e. The molecule has 0 aromatic carbocycles. The molecule has 2 rings (SSSR count). The molecule has 0 aromatic rings. The van der Waals surface area contributed by atoms with Crippen LogP contribution in [0.15, 0.2) is 0 Å². The van der Waals surface area contributed by atoms with Crippen LogP contribution in [-0.2, 0) is 0 Å². The molecule has 2 aliphatic rings. The molecule has 0 radical (unpaired) electrons. The number of piperidine rings is 1. The van der Waals surface area contributed by atoms with Gasteiger partial charge in [0.25, 0.3) is 0 Å². The van der Waals surface area contributed by atoms with Crippen molar-refractivity contribution >= 4 is 0 Å². The molecular weight excluding hydrogens is 232 g/mol. The van der Waals surface area contributed by atoms with Gasteiger partial charge in [-0.3, -0.25) is 4.90 Å². The molecule has 2 heteroatoms. The Morgan fingerprint density at radius 3 is 2.16 bits per heavy atom. The van der Waals surface area contributed by atoms with Gasteiger partial charge >= 0.3 is 0 Å². The molecule has 112 valence electrons. The summed E-state index contributed by atoms with van der Waals surface area (Å²) in [6.45, 7) is 13.4. The minimum atomic E-state index is 0.383. The van der Waals surface area contributed by atoms with Crippen LogP contribution in [0.4, 0.5) is 0 Å². The van der Waals surface area contributed by atoms with E-state index in [2.05, 4.69) is 39.5 Å². The van der Waals surface area contributed by atoms with Crippen molar-refractivity contribution in [1.82, 2.24) is 4.90 Å². The van der Waals surface area contributed by atoms with Crippen molar-refractivity contribution in [3.05, 3.63) is 0 Å². The first-order valence-electron chi connectivity index (χ1n) is 8.35. The Bertz CT molecular complexity index is 290. The van der Waals surface area contributed by atoms with Crippen molar-refractivity contribution in [2.24, 2.45) is 23.0 Å². The zero-order valence-corrected chi connectivity index (χ0v) is 13.7. The van der Waals surface area contributed by atoms with Crippen LogP contribution in [0.2, 0.25) is 0 Å². The normalized spacial score (nSPS) is 44.2. The standard InChI is InChI=1S/C17H34N2/c1-12-7-6-8-13(2)19(12)11-15-9-10-16(18)14(3)17(15,4)5/h12-16H,6-11,18H2,1-5H3. The van der Waals surface area contributed by atoms with Crippen LogP contribution in [0.25, 0.3) is 0 Å². The Kier molecular flexibility index (Phi) is 4.62. The van der Waals surface area contributed by atoms with Crippen LogP contribution in [0, 0.1) is 17.3 Å². The van der Waals surface area contributed by atoms with E-state index in [1.165, 1.54) is 38.6 Å². The highest BCUT2D eigenvalue weighted by Crippen LogP contribution is 2.45. The third-order valence-electron chi connectivity index (χ3n) is 6.52. The molecule has 1 aliphatic heterocycles. The largest absolute Gasteiger partial charge is 0.327 e. The van der Waals surface area contributed by atoms with E-state index in [0.717, 1.165) is 18.0 Å². The molecule has 2 nitrogen and oxygen atoms in total. The predicted molar refractivity (Wildman–Crippen MR) is 83.1 cm³/mol. The van der Waals surface area contributed by atoms with E-state index in [9.17, 15) is 0 Å². The molecule has 0 aromatic heterocycles. The summed E-state index contributed by atoms with van der Waals surface area (Å²) < 4.78 is 0. The first-order chi connectivity index (χ1) is 8.84. The molecule has 0 bridgehead atoms. The number of rotatable bonds is 2. The van der Waals surface area contributed by atoms with E-state index in [1.54, 1.807) is 0 Å². The minimum Gasteiger partial charge on any atom is -0.327 e. The zero-order chi connectivity index (χ0) is 14.2. The summed E-state index contributed by atoms with van der Waals surface area (Å²) in [5, 5.41) is 0. The van der Waals surface area contributed by atoms with Gasteiger partial charge in [0, 0.05) is 24.7 Å². The molecule has 1 aliphatic carbocycles. The van der Waals surface area contributed by atoms with Gasteiger partial charge in [0.1, 0.15) is 0 Å². The molecule has 1 saturated heterocycles. The van der Waals surface area contributed by atoms with Crippen molar-refractivity contribution in [1.29, 1.82) is 0 Å². The fourth-order valence-corrected chi connectivity index (χ4v) is 4.35. The SMILES string of the molecule is CC1CCCC(C)N1CC1CCC(N)C(C)C1(C)C. The molecule has 5 unspecified atom stereocenters. The molecule has 1 saturated carbocycles. The fourth-order valence-electron chi connectivity index (χ4n) is 4.35. The van der Waals surface area contributed by atoms with Gasteiger partial charge in [0.2, 0.25) is 0 Å². The second kappa shape index (κ2) is 5.73. The monoisotopic (exact) mass is 266 g/mol. The molecule has 5 atom stereocenters. The summed E-state index contributed by atoms with van der Waals surface area (Å²) in [6, 6.07) is 1.94. The molecule has 1 heterocycles. The highest BCUT2D eigenvalue weighted by Gasteiger charge is 2.43. The predicted octanol–water partition coefficient (Wildman–Crippen LogP) is 3.65. The summed E-state index contributed by atoms with van der Waals surface area (Å²) in [4.78, 5) is 2.78. The van der Waals surface area contributed by atoms with E-state index in [-0.39, 0.29) is 0 Å². The molecular formula is C17H34N2. The van der Waals surface area contributed by atoms with Gasteiger partial charge in [-0.05, 0) is 56.8 Å². The van der Waals surface area contributed by atoms with E-state index in [1.807, 2.05) is 0 Å². The lowest BCUT2D eigenvalue weighted by Crippen LogP contribution is -2.53. The van der Waals surface area contributed by atoms with Crippen LogP contribution < -0.4 is 5.73 Å². The van der Waals surface area contributed by atoms with Crippen LogP contribution >= 0.6 is 0 Å². The lowest BCUT2D eigenvalue weighted by atomic mass is 9.61. The number of hydrogen-bond acceptors (Lipinski definition) is 2. The molecule has 0 amide bonds. The first-order valence-corrected chi connectivity index (χ1v) is 8.35. The van der Waals surface area contributed by atoms with Gasteiger partial charge in [-0.2, -0.15) is 0 Å². The summed E-state index contributed by atoms with van der Waals surface area (Å²) in [6.07, 6.45) is 6.70. The molecule has 19 heavy (non-hydrogen) atoms. The Morgan fingerprint density at radius 1 is 1.00 bits per heavy atom. The highest BCUT2D eigenvalue weighted by atomic mass is 15.2. The van der Waals surface area contributed by atoms with Crippen molar-refractivity contribution in [2.75, 3.05) is 6.54 Å². The third kappa shape index (κ3) is 3.00. The molecule has 0 spiro atoms. The van der Waals surface area contributed by atoms with Gasteiger partial charge in [-0.25, -0.2) is 0 Å². The van der Waals surface area contributed by atoms with Gasteiger partial charge in [-0.15, -0.1) is 0 Å². The average Bonchev–Trinajstić information content (AvgIpc) is 2.34. The molecule has 2 fully saturated rings. The van der Waals surface area contributed by atoms with Crippen LogP contribution in [0.1, 0.15) is 66.7 Å². The lowest BCUT2D eigenvalue weighted by molar-refractivity contribution is -0.00238. The van der Waals surface area contributed by atoms with E-state index >= 15 is 0 Å². The smallest absolute Gasteiger partial charge is 0.00698 e. The second-order valence-corrected chi connectivity index (χ2v) is 7.87. The number of likely N-dealkylation sites (tertiary alicyclic amines) is 1. The Labute approximate surface area is 120 Å². The summed E-state index contributed by atoms with van der Waals surface area (Å²) in [7, 11) is 0. The Hall–Kier alpha value is -0.0800. The lowest BCUT2D eigenvalue weighted by Gasteiger charge is -2.50. The Balaban J connectivity index is 2.05. The van der Waals surface area contributed by atoms with Gasteiger partial charge in [0.05, 0.1) is 0 Å². The van der Waals surface area contributed by atoms with Gasteiger partial charge in [-0.1, -0.05) is 27.2 Å². The number of hydrogen-bond donors (Lipinski definition) is 1. The summed E-state index contributed by atoms with van der Waals surface area (Å²) >= 11 is 0. The maximum atomic E-state index is 6.29. The number of nitrogens with zero attached hydrogens (tertiary/aromatic N) is 1. The highest BCUT2D eigenvalue weighted by molar-refractivity contribution is 4.95. The Morgan fingerprint density at radius 2 is 1.58 bits per heavy atom. The van der Waals surface area contributed by atoms with Crippen molar-refractivity contribution in [2.45, 2.75) is 84.8 Å².